The van der Waals surface area contributed by atoms with Crippen LogP contribution in [0.15, 0.2) is 24.8 Å². The summed E-state index contributed by atoms with van der Waals surface area (Å²) in [5.74, 6) is 0. The number of anilines is 1. The largest absolute Gasteiger partial charge is 0.336 e. The minimum atomic E-state index is -0.251. The molecule has 2 heterocycles. The fraction of sp³-hybridized carbons (Fsp3) is 0.562. The number of aromatic nitrogens is 4. The second-order valence-electron chi connectivity index (χ2n) is 7.11. The maximum Gasteiger partial charge on any atom is 0.319 e. The molecule has 2 aromatic rings. The lowest BCUT2D eigenvalue weighted by molar-refractivity contribution is 0.243. The zero-order valence-corrected chi connectivity index (χ0v) is 15.2. The minimum Gasteiger partial charge on any atom is -0.336 e. The van der Waals surface area contributed by atoms with E-state index in [2.05, 4.69) is 46.5 Å². The third-order valence-electron chi connectivity index (χ3n) is 3.72. The SMILES string of the molecule is CN(C)[C@@H](CNC(=O)Nc1cnn(C(C)(C)C)c1)c1cnn(C)c1. The van der Waals surface area contributed by atoms with Crippen LogP contribution in [0.3, 0.4) is 0 Å². The maximum absolute atomic E-state index is 12.1. The summed E-state index contributed by atoms with van der Waals surface area (Å²) in [5, 5.41) is 14.2. The van der Waals surface area contributed by atoms with Gasteiger partial charge in [-0.15, -0.1) is 0 Å². The van der Waals surface area contributed by atoms with Gasteiger partial charge in [-0.2, -0.15) is 10.2 Å². The first-order chi connectivity index (χ1) is 11.2. The summed E-state index contributed by atoms with van der Waals surface area (Å²) in [7, 11) is 5.83. The van der Waals surface area contributed by atoms with Crippen molar-refractivity contribution in [2.75, 3.05) is 26.0 Å². The van der Waals surface area contributed by atoms with Gasteiger partial charge in [0.05, 0.1) is 29.7 Å². The van der Waals surface area contributed by atoms with E-state index in [1.807, 2.05) is 44.4 Å². The predicted molar refractivity (Wildman–Crippen MR) is 93.9 cm³/mol. The quantitative estimate of drug-likeness (QED) is 0.874. The van der Waals surface area contributed by atoms with E-state index in [1.165, 1.54) is 0 Å². The van der Waals surface area contributed by atoms with E-state index in [1.54, 1.807) is 10.9 Å². The Kier molecular flexibility index (Phi) is 5.28. The third kappa shape index (κ3) is 4.58. The molecule has 8 heteroatoms. The van der Waals surface area contributed by atoms with Crippen molar-refractivity contribution >= 4 is 11.7 Å². The van der Waals surface area contributed by atoms with E-state index >= 15 is 0 Å². The number of likely N-dealkylation sites (N-methyl/N-ethyl adjacent to an activating group) is 1. The van der Waals surface area contributed by atoms with Crippen LogP contribution in [0.5, 0.6) is 0 Å². The summed E-state index contributed by atoms with van der Waals surface area (Å²) in [5.41, 5.74) is 1.61. The van der Waals surface area contributed by atoms with Crippen LogP contribution in [0.2, 0.25) is 0 Å². The fourth-order valence-electron chi connectivity index (χ4n) is 2.33. The molecule has 0 aliphatic rings. The van der Waals surface area contributed by atoms with Crippen LogP contribution in [0, 0.1) is 0 Å². The smallest absolute Gasteiger partial charge is 0.319 e. The Labute approximate surface area is 142 Å². The Hall–Kier alpha value is -2.35. The number of nitrogens with zero attached hydrogens (tertiary/aromatic N) is 5. The highest BCUT2D eigenvalue weighted by atomic mass is 16.2. The number of nitrogens with one attached hydrogen (secondary N) is 2. The number of carbonyl (C=O) groups excluding carboxylic acids is 1. The molecule has 0 saturated carbocycles. The molecule has 0 saturated heterocycles. The summed E-state index contributed by atoms with van der Waals surface area (Å²) >= 11 is 0. The molecule has 2 N–H and O–H groups in total. The molecular formula is C16H27N7O. The van der Waals surface area contributed by atoms with Crippen LogP contribution < -0.4 is 10.6 Å². The third-order valence-corrected chi connectivity index (χ3v) is 3.72. The minimum absolute atomic E-state index is 0.0572. The molecule has 24 heavy (non-hydrogen) atoms. The van der Waals surface area contributed by atoms with E-state index in [-0.39, 0.29) is 17.6 Å². The number of aryl methyl sites for hydroxylation is 1. The molecule has 2 aromatic heterocycles. The highest BCUT2D eigenvalue weighted by molar-refractivity contribution is 5.88. The zero-order chi connectivity index (χ0) is 17.9. The normalized spacial score (nSPS) is 13.1. The van der Waals surface area contributed by atoms with Crippen molar-refractivity contribution < 1.29 is 4.79 Å². The van der Waals surface area contributed by atoms with Crippen LogP contribution in [-0.4, -0.2) is 51.1 Å². The average Bonchev–Trinajstić information content (AvgIpc) is 3.07. The summed E-state index contributed by atoms with van der Waals surface area (Å²) in [6, 6.07) is -0.194. The van der Waals surface area contributed by atoms with E-state index in [9.17, 15) is 4.79 Å². The van der Waals surface area contributed by atoms with Gasteiger partial charge in [-0.05, 0) is 34.9 Å². The van der Waals surface area contributed by atoms with Crippen molar-refractivity contribution in [2.24, 2.45) is 7.05 Å². The van der Waals surface area contributed by atoms with Crippen LogP contribution >= 0.6 is 0 Å². The van der Waals surface area contributed by atoms with Gasteiger partial charge in [0.2, 0.25) is 0 Å². The fourth-order valence-corrected chi connectivity index (χ4v) is 2.33. The van der Waals surface area contributed by atoms with Gasteiger partial charge in [0, 0.05) is 31.5 Å². The lowest BCUT2D eigenvalue weighted by atomic mass is 10.1. The Bertz CT molecular complexity index is 681. The first-order valence-electron chi connectivity index (χ1n) is 7.92. The first-order valence-corrected chi connectivity index (χ1v) is 7.92. The second kappa shape index (κ2) is 7.04. The number of hydrogen-bond donors (Lipinski definition) is 2. The Morgan fingerprint density at radius 1 is 1.25 bits per heavy atom. The molecule has 0 fully saturated rings. The van der Waals surface area contributed by atoms with E-state index < -0.39 is 0 Å². The van der Waals surface area contributed by atoms with Crippen molar-refractivity contribution in [3.8, 4) is 0 Å². The molecule has 132 valence electrons. The average molecular weight is 333 g/mol. The summed E-state index contributed by atoms with van der Waals surface area (Å²) < 4.78 is 3.58. The van der Waals surface area contributed by atoms with Gasteiger partial charge in [0.25, 0.3) is 0 Å². The maximum atomic E-state index is 12.1. The number of urea groups is 1. The highest BCUT2D eigenvalue weighted by Crippen LogP contribution is 2.17. The van der Waals surface area contributed by atoms with Crippen molar-refractivity contribution in [3.63, 3.8) is 0 Å². The lowest BCUT2D eigenvalue weighted by Crippen LogP contribution is -2.36. The van der Waals surface area contributed by atoms with Gasteiger partial charge < -0.3 is 15.5 Å². The van der Waals surface area contributed by atoms with E-state index in [0.29, 0.717) is 12.2 Å². The molecule has 0 aliphatic heterocycles. The highest BCUT2D eigenvalue weighted by Gasteiger charge is 2.18. The molecule has 0 bridgehead atoms. The molecular weight excluding hydrogens is 306 g/mol. The molecule has 1 atom stereocenters. The summed E-state index contributed by atoms with van der Waals surface area (Å²) in [6.07, 6.45) is 7.24. The first kappa shape index (κ1) is 18.0. The van der Waals surface area contributed by atoms with Crippen molar-refractivity contribution in [1.82, 2.24) is 29.8 Å². The molecule has 0 aliphatic carbocycles. The zero-order valence-electron chi connectivity index (χ0n) is 15.2. The summed E-state index contributed by atoms with van der Waals surface area (Å²) in [6.45, 7) is 6.65. The van der Waals surface area contributed by atoms with Crippen molar-refractivity contribution in [3.05, 3.63) is 30.4 Å². The number of rotatable bonds is 5. The van der Waals surface area contributed by atoms with Gasteiger partial charge in [0.15, 0.2) is 0 Å². The molecule has 0 aromatic carbocycles. The molecule has 0 unspecified atom stereocenters. The molecule has 2 amide bonds. The van der Waals surface area contributed by atoms with Gasteiger partial charge in [-0.25, -0.2) is 4.79 Å². The Morgan fingerprint density at radius 3 is 2.46 bits per heavy atom. The molecule has 0 spiro atoms. The monoisotopic (exact) mass is 333 g/mol. The van der Waals surface area contributed by atoms with Gasteiger partial charge in [-0.3, -0.25) is 9.36 Å². The van der Waals surface area contributed by atoms with Gasteiger partial charge in [0.1, 0.15) is 0 Å². The summed E-state index contributed by atoms with van der Waals surface area (Å²) in [4.78, 5) is 14.2. The second-order valence-corrected chi connectivity index (χ2v) is 7.11. The Morgan fingerprint density at radius 2 is 1.96 bits per heavy atom. The molecule has 2 rings (SSSR count). The predicted octanol–water partition coefficient (Wildman–Crippen LogP) is 1.80. The number of carbonyl (C=O) groups is 1. The standard InChI is InChI=1S/C16H27N7O/c1-16(2,3)23-11-13(8-19-23)20-15(24)17-9-14(21(4)5)12-7-18-22(6)10-12/h7-8,10-11,14H,9H2,1-6H3,(H2,17,20,24)/t14-/m0/s1. The van der Waals surface area contributed by atoms with E-state index in [4.69, 9.17) is 0 Å². The van der Waals surface area contributed by atoms with Crippen LogP contribution in [-0.2, 0) is 12.6 Å². The van der Waals surface area contributed by atoms with Crippen LogP contribution in [0.1, 0.15) is 32.4 Å². The topological polar surface area (TPSA) is 80.0 Å². The van der Waals surface area contributed by atoms with Gasteiger partial charge in [-0.1, -0.05) is 0 Å². The molecule has 0 radical (unpaired) electrons. The molecule has 8 nitrogen and oxygen atoms in total. The van der Waals surface area contributed by atoms with Crippen molar-refractivity contribution in [1.29, 1.82) is 0 Å². The number of hydrogen-bond acceptors (Lipinski definition) is 4. The van der Waals surface area contributed by atoms with Crippen LogP contribution in [0.4, 0.5) is 10.5 Å². The van der Waals surface area contributed by atoms with Gasteiger partial charge >= 0.3 is 6.03 Å². The van der Waals surface area contributed by atoms with Crippen molar-refractivity contribution in [2.45, 2.75) is 32.4 Å². The van der Waals surface area contributed by atoms with E-state index in [0.717, 1.165) is 5.56 Å². The van der Waals surface area contributed by atoms with Crippen LogP contribution in [0.25, 0.3) is 0 Å². The Balaban J connectivity index is 1.93. The lowest BCUT2D eigenvalue weighted by Gasteiger charge is -2.23. The number of amides is 2.